The van der Waals surface area contributed by atoms with Crippen molar-refractivity contribution < 1.29 is 23.6 Å². The zero-order chi connectivity index (χ0) is 25.6. The van der Waals surface area contributed by atoms with Crippen LogP contribution in [-0.2, 0) is 16.1 Å². The third kappa shape index (κ3) is 4.72. The average molecular weight is 498 g/mol. The van der Waals surface area contributed by atoms with Gasteiger partial charge in [-0.25, -0.2) is 9.07 Å². The SMILES string of the molecule is CC(C)(F)CN1CCN(C(=O)c2cn(-c3ccc4c(c3)CN(C3CCC(=O)NC3=O)C4=O)nn2)CC1. The first kappa shape index (κ1) is 24.0. The Hall–Kier alpha value is -3.67. The second-order valence-corrected chi connectivity index (χ2v) is 10.1. The number of benzene rings is 1. The standard InChI is InChI=1S/C24H28FN7O4/c1-24(2,25)14-29-7-9-30(10-8-29)23(36)18-13-32(28-27-18)16-3-4-17-15(11-16)12-31(22(17)35)19-5-6-20(33)26-21(19)34/h3-4,11,13,19H,5-10,12,14H2,1-2H3,(H,26,33,34). The van der Waals surface area contributed by atoms with Crippen LogP contribution < -0.4 is 5.32 Å². The van der Waals surface area contributed by atoms with E-state index in [-0.39, 0.29) is 36.4 Å². The van der Waals surface area contributed by atoms with Gasteiger partial charge in [0.1, 0.15) is 11.7 Å². The molecule has 0 bridgehead atoms. The molecule has 11 nitrogen and oxygen atoms in total. The lowest BCUT2D eigenvalue weighted by molar-refractivity contribution is -0.136. The van der Waals surface area contributed by atoms with Crippen LogP contribution in [0.4, 0.5) is 4.39 Å². The molecule has 0 spiro atoms. The molecule has 4 heterocycles. The van der Waals surface area contributed by atoms with E-state index < -0.39 is 17.6 Å². The van der Waals surface area contributed by atoms with E-state index in [4.69, 9.17) is 0 Å². The summed E-state index contributed by atoms with van der Waals surface area (Å²) in [6.45, 7) is 5.82. The molecule has 5 rings (SSSR count). The van der Waals surface area contributed by atoms with Gasteiger partial charge in [0, 0.05) is 51.3 Å². The van der Waals surface area contributed by atoms with Gasteiger partial charge < -0.3 is 9.80 Å². The highest BCUT2D eigenvalue weighted by Crippen LogP contribution is 2.29. The Kier molecular flexibility index (Phi) is 6.07. The first-order valence-corrected chi connectivity index (χ1v) is 12.0. The number of hydrogen-bond donors (Lipinski definition) is 1. The van der Waals surface area contributed by atoms with Gasteiger partial charge in [-0.05, 0) is 44.0 Å². The lowest BCUT2D eigenvalue weighted by Crippen LogP contribution is -2.52. The molecule has 3 aliphatic heterocycles. The number of hydrogen-bond acceptors (Lipinski definition) is 7. The Morgan fingerprint density at radius 2 is 1.92 bits per heavy atom. The van der Waals surface area contributed by atoms with Gasteiger partial charge in [-0.3, -0.25) is 29.4 Å². The maximum absolute atomic E-state index is 13.9. The fourth-order valence-corrected chi connectivity index (χ4v) is 4.99. The van der Waals surface area contributed by atoms with E-state index in [1.165, 1.54) is 9.58 Å². The molecule has 1 N–H and O–H groups in total. The van der Waals surface area contributed by atoms with Crippen LogP contribution in [0.3, 0.4) is 0 Å². The first-order valence-electron chi connectivity index (χ1n) is 12.0. The Morgan fingerprint density at radius 1 is 1.17 bits per heavy atom. The molecule has 190 valence electrons. The van der Waals surface area contributed by atoms with Crippen LogP contribution in [0.5, 0.6) is 0 Å². The van der Waals surface area contributed by atoms with Crippen LogP contribution in [0.1, 0.15) is 53.1 Å². The minimum Gasteiger partial charge on any atom is -0.335 e. The number of imide groups is 1. The van der Waals surface area contributed by atoms with Gasteiger partial charge in [0.15, 0.2) is 5.69 Å². The largest absolute Gasteiger partial charge is 0.335 e. The summed E-state index contributed by atoms with van der Waals surface area (Å²) in [6.07, 6.45) is 2.04. The maximum atomic E-state index is 13.9. The van der Waals surface area contributed by atoms with Crippen molar-refractivity contribution in [3.63, 3.8) is 0 Å². The van der Waals surface area contributed by atoms with E-state index in [2.05, 4.69) is 15.6 Å². The van der Waals surface area contributed by atoms with Gasteiger partial charge in [-0.1, -0.05) is 5.21 Å². The van der Waals surface area contributed by atoms with Crippen LogP contribution in [-0.4, -0.2) is 97.8 Å². The fourth-order valence-electron chi connectivity index (χ4n) is 4.99. The Bertz CT molecular complexity index is 1230. The zero-order valence-electron chi connectivity index (χ0n) is 20.2. The van der Waals surface area contributed by atoms with E-state index >= 15 is 0 Å². The van der Waals surface area contributed by atoms with Gasteiger partial charge in [0.25, 0.3) is 11.8 Å². The molecule has 2 aromatic rings. The summed E-state index contributed by atoms with van der Waals surface area (Å²) in [5.74, 6) is -1.28. The van der Waals surface area contributed by atoms with E-state index in [1.54, 1.807) is 43.1 Å². The number of nitrogens with zero attached hydrogens (tertiary/aromatic N) is 6. The number of halogens is 1. The van der Waals surface area contributed by atoms with Crippen molar-refractivity contribution in [2.45, 2.75) is 44.9 Å². The van der Waals surface area contributed by atoms with Gasteiger partial charge in [0.2, 0.25) is 11.8 Å². The predicted molar refractivity (Wildman–Crippen MR) is 125 cm³/mol. The summed E-state index contributed by atoms with van der Waals surface area (Å²) in [5.41, 5.74) is 0.782. The quantitative estimate of drug-likeness (QED) is 0.599. The molecule has 1 atom stereocenters. The lowest BCUT2D eigenvalue weighted by Gasteiger charge is -2.36. The predicted octanol–water partition coefficient (Wildman–Crippen LogP) is 0.534. The minimum absolute atomic E-state index is 0.195. The number of piperidine rings is 1. The Labute approximate surface area is 207 Å². The molecule has 0 radical (unpaired) electrons. The summed E-state index contributed by atoms with van der Waals surface area (Å²) < 4.78 is 15.4. The normalized spacial score (nSPS) is 21.1. The fraction of sp³-hybridized carbons (Fsp3) is 0.500. The molecule has 2 saturated heterocycles. The number of piperazine rings is 1. The molecule has 0 aliphatic carbocycles. The van der Waals surface area contributed by atoms with E-state index in [0.29, 0.717) is 50.4 Å². The highest BCUT2D eigenvalue weighted by atomic mass is 19.1. The highest BCUT2D eigenvalue weighted by molar-refractivity contribution is 6.05. The summed E-state index contributed by atoms with van der Waals surface area (Å²) in [6, 6.07) is 4.50. The van der Waals surface area contributed by atoms with Gasteiger partial charge in [0.05, 0.1) is 11.9 Å². The van der Waals surface area contributed by atoms with Crippen molar-refractivity contribution in [3.05, 3.63) is 41.2 Å². The number of carbonyl (C=O) groups excluding carboxylic acids is 4. The zero-order valence-corrected chi connectivity index (χ0v) is 20.2. The molecule has 3 aliphatic rings. The molecule has 1 aromatic heterocycles. The number of fused-ring (bicyclic) bond motifs is 1. The monoisotopic (exact) mass is 497 g/mol. The van der Waals surface area contributed by atoms with Gasteiger partial charge in [-0.15, -0.1) is 5.10 Å². The van der Waals surface area contributed by atoms with Crippen molar-refractivity contribution in [3.8, 4) is 5.69 Å². The molecular formula is C24H28FN7O4. The molecule has 0 saturated carbocycles. The number of carbonyl (C=O) groups is 4. The van der Waals surface area contributed by atoms with E-state index in [0.717, 1.165) is 5.56 Å². The molecule has 12 heteroatoms. The molecule has 4 amide bonds. The summed E-state index contributed by atoms with van der Waals surface area (Å²) in [5, 5.41) is 10.4. The summed E-state index contributed by atoms with van der Waals surface area (Å²) in [7, 11) is 0. The summed E-state index contributed by atoms with van der Waals surface area (Å²) >= 11 is 0. The molecule has 1 aromatic carbocycles. The summed E-state index contributed by atoms with van der Waals surface area (Å²) in [4.78, 5) is 54.7. The van der Waals surface area contributed by atoms with Gasteiger partial charge in [-0.2, -0.15) is 0 Å². The number of nitrogens with one attached hydrogen (secondary N) is 1. The van der Waals surface area contributed by atoms with Crippen molar-refractivity contribution in [1.82, 2.24) is 35.0 Å². The van der Waals surface area contributed by atoms with Crippen molar-refractivity contribution in [1.29, 1.82) is 0 Å². The minimum atomic E-state index is -1.28. The van der Waals surface area contributed by atoms with Crippen LogP contribution in [0, 0.1) is 0 Å². The molecule has 36 heavy (non-hydrogen) atoms. The third-order valence-electron chi connectivity index (χ3n) is 6.74. The second kappa shape index (κ2) is 9.08. The number of alkyl halides is 1. The smallest absolute Gasteiger partial charge is 0.276 e. The topological polar surface area (TPSA) is 121 Å². The molecule has 2 fully saturated rings. The van der Waals surface area contributed by atoms with Crippen LogP contribution in [0.25, 0.3) is 5.69 Å². The van der Waals surface area contributed by atoms with E-state index in [1.807, 2.05) is 4.90 Å². The first-order chi connectivity index (χ1) is 17.1. The van der Waals surface area contributed by atoms with E-state index in [9.17, 15) is 23.6 Å². The van der Waals surface area contributed by atoms with Crippen LogP contribution in [0.2, 0.25) is 0 Å². The molecule has 1 unspecified atom stereocenters. The van der Waals surface area contributed by atoms with Crippen LogP contribution in [0.15, 0.2) is 24.4 Å². The number of amides is 4. The van der Waals surface area contributed by atoms with Crippen molar-refractivity contribution >= 4 is 23.6 Å². The Balaban J connectivity index is 1.25. The van der Waals surface area contributed by atoms with Crippen molar-refractivity contribution in [2.75, 3.05) is 32.7 Å². The highest BCUT2D eigenvalue weighted by Gasteiger charge is 2.39. The number of aromatic nitrogens is 3. The molecular weight excluding hydrogens is 469 g/mol. The maximum Gasteiger partial charge on any atom is 0.276 e. The van der Waals surface area contributed by atoms with Gasteiger partial charge >= 0.3 is 0 Å². The lowest BCUT2D eigenvalue weighted by atomic mass is 10.0. The van der Waals surface area contributed by atoms with Crippen molar-refractivity contribution in [2.24, 2.45) is 0 Å². The average Bonchev–Trinajstić information content (AvgIpc) is 3.43. The van der Waals surface area contributed by atoms with Crippen LogP contribution >= 0.6 is 0 Å². The second-order valence-electron chi connectivity index (χ2n) is 10.1. The third-order valence-corrected chi connectivity index (χ3v) is 6.74. The number of rotatable bonds is 5. The Morgan fingerprint density at radius 3 is 2.61 bits per heavy atom.